The number of hydrogen-bond donors (Lipinski definition) is 1. The molecule has 1 N–H and O–H groups in total. The van der Waals surface area contributed by atoms with Crippen LogP contribution < -0.4 is 14.8 Å². The van der Waals surface area contributed by atoms with Crippen LogP contribution in [0.2, 0.25) is 10.0 Å². The van der Waals surface area contributed by atoms with Crippen LogP contribution in [0.1, 0.15) is 18.4 Å². The third-order valence-corrected chi connectivity index (χ3v) is 5.67. The van der Waals surface area contributed by atoms with Gasteiger partial charge < -0.3 is 24.4 Å². The Bertz CT molecular complexity index is 860. The zero-order valence-corrected chi connectivity index (χ0v) is 18.7. The van der Waals surface area contributed by atoms with E-state index in [0.29, 0.717) is 33.9 Å². The van der Waals surface area contributed by atoms with E-state index in [1.165, 1.54) is 0 Å². The van der Waals surface area contributed by atoms with Crippen LogP contribution in [0.5, 0.6) is 11.5 Å². The molecule has 0 bridgehead atoms. The van der Waals surface area contributed by atoms with Crippen molar-refractivity contribution < 1.29 is 14.2 Å². The first kappa shape index (κ1) is 22.0. The quantitative estimate of drug-likeness (QED) is 0.565. The third-order valence-electron chi connectivity index (χ3n) is 4.76. The van der Waals surface area contributed by atoms with E-state index in [1.54, 1.807) is 26.4 Å². The van der Waals surface area contributed by atoms with Crippen molar-refractivity contribution in [2.75, 3.05) is 32.7 Å². The molecule has 1 aliphatic rings. The van der Waals surface area contributed by atoms with Gasteiger partial charge in [0, 0.05) is 36.3 Å². The average Bonchev–Trinajstić information content (AvgIpc) is 3.23. The highest BCUT2D eigenvalue weighted by Gasteiger charge is 2.22. The molecule has 1 saturated heterocycles. The number of benzene rings is 2. The number of nitrogens with zero attached hydrogens (tertiary/aromatic N) is 1. The van der Waals surface area contributed by atoms with Gasteiger partial charge in [0.2, 0.25) is 0 Å². The van der Waals surface area contributed by atoms with Gasteiger partial charge in [-0.15, -0.1) is 0 Å². The summed E-state index contributed by atoms with van der Waals surface area (Å²) in [4.78, 5) is 2.07. The molecule has 1 atom stereocenters. The number of anilines is 1. The first-order valence-electron chi connectivity index (χ1n) is 9.33. The fourth-order valence-electron chi connectivity index (χ4n) is 3.23. The highest BCUT2D eigenvalue weighted by atomic mass is 35.5. The van der Waals surface area contributed by atoms with E-state index in [2.05, 4.69) is 10.2 Å². The van der Waals surface area contributed by atoms with Gasteiger partial charge in [0.05, 0.1) is 31.0 Å². The van der Waals surface area contributed by atoms with Gasteiger partial charge in [-0.2, -0.15) is 0 Å². The topological polar surface area (TPSA) is 43.0 Å². The molecule has 0 unspecified atom stereocenters. The lowest BCUT2D eigenvalue weighted by molar-refractivity contribution is 0.0903. The SMILES string of the molecule is COc1ccc(CN(C[C@H]2CCCO2)C(=S)Nc2ccc(Cl)cc2Cl)c(OC)c1. The van der Waals surface area contributed by atoms with Crippen molar-refractivity contribution in [3.8, 4) is 11.5 Å². The van der Waals surface area contributed by atoms with E-state index >= 15 is 0 Å². The van der Waals surface area contributed by atoms with Crippen LogP contribution in [0.3, 0.4) is 0 Å². The maximum atomic E-state index is 6.31. The van der Waals surface area contributed by atoms with Gasteiger partial charge in [-0.05, 0) is 55.4 Å². The van der Waals surface area contributed by atoms with Crippen molar-refractivity contribution in [2.45, 2.75) is 25.5 Å². The lowest BCUT2D eigenvalue weighted by Gasteiger charge is -2.29. The molecule has 8 heteroatoms. The maximum absolute atomic E-state index is 6.31. The minimum absolute atomic E-state index is 0.139. The molecule has 0 radical (unpaired) electrons. The van der Waals surface area contributed by atoms with Crippen molar-refractivity contribution in [1.29, 1.82) is 0 Å². The van der Waals surface area contributed by atoms with E-state index in [4.69, 9.17) is 49.6 Å². The molecule has 1 heterocycles. The second-order valence-corrected chi connectivity index (χ2v) is 7.98. The molecule has 0 spiro atoms. The van der Waals surface area contributed by atoms with Gasteiger partial charge in [0.25, 0.3) is 0 Å². The molecular formula is C21H24Cl2N2O3S. The smallest absolute Gasteiger partial charge is 0.173 e. The number of halogens is 2. The molecule has 0 aliphatic carbocycles. The summed E-state index contributed by atoms with van der Waals surface area (Å²) in [7, 11) is 3.28. The van der Waals surface area contributed by atoms with Crippen molar-refractivity contribution in [2.24, 2.45) is 0 Å². The van der Waals surface area contributed by atoms with Crippen LogP contribution in [-0.4, -0.2) is 43.5 Å². The van der Waals surface area contributed by atoms with Crippen molar-refractivity contribution in [1.82, 2.24) is 4.90 Å². The standard InChI is InChI=1S/C21H24Cl2N2O3S/c1-26-16-7-5-14(20(11-16)27-2)12-25(13-17-4-3-9-28-17)21(29)24-19-8-6-15(22)10-18(19)23/h5-8,10-11,17H,3-4,9,12-13H2,1-2H3,(H,24,29)/t17-/m1/s1. The zero-order valence-electron chi connectivity index (χ0n) is 16.4. The summed E-state index contributed by atoms with van der Waals surface area (Å²) in [5.74, 6) is 1.49. The maximum Gasteiger partial charge on any atom is 0.173 e. The van der Waals surface area contributed by atoms with Gasteiger partial charge in [0.15, 0.2) is 5.11 Å². The molecule has 2 aromatic rings. The Morgan fingerprint density at radius 3 is 2.69 bits per heavy atom. The van der Waals surface area contributed by atoms with E-state index in [9.17, 15) is 0 Å². The molecule has 3 rings (SSSR count). The number of hydrogen-bond acceptors (Lipinski definition) is 4. The fraction of sp³-hybridized carbons (Fsp3) is 0.381. The zero-order chi connectivity index (χ0) is 20.8. The Balaban J connectivity index is 1.81. The van der Waals surface area contributed by atoms with Crippen LogP contribution in [0.4, 0.5) is 5.69 Å². The van der Waals surface area contributed by atoms with E-state index < -0.39 is 0 Å². The monoisotopic (exact) mass is 454 g/mol. The van der Waals surface area contributed by atoms with Crippen LogP contribution in [0.25, 0.3) is 0 Å². The number of methoxy groups -OCH3 is 2. The summed E-state index contributed by atoms with van der Waals surface area (Å²) in [6.07, 6.45) is 2.22. The van der Waals surface area contributed by atoms with Gasteiger partial charge in [-0.1, -0.05) is 23.2 Å². The van der Waals surface area contributed by atoms with Gasteiger partial charge in [-0.3, -0.25) is 0 Å². The lowest BCUT2D eigenvalue weighted by atomic mass is 10.1. The highest BCUT2D eigenvalue weighted by Crippen LogP contribution is 2.28. The normalized spacial score (nSPS) is 15.8. The number of ether oxygens (including phenoxy) is 3. The molecule has 5 nitrogen and oxygen atoms in total. The lowest BCUT2D eigenvalue weighted by Crippen LogP contribution is -2.39. The molecule has 0 amide bonds. The predicted molar refractivity (Wildman–Crippen MR) is 122 cm³/mol. The molecule has 0 aromatic heterocycles. The molecule has 2 aromatic carbocycles. The summed E-state index contributed by atoms with van der Waals surface area (Å²) in [6, 6.07) is 11.0. The molecule has 29 heavy (non-hydrogen) atoms. The Kier molecular flexibility index (Phi) is 7.84. The Labute approximate surface area is 186 Å². The van der Waals surface area contributed by atoms with Crippen molar-refractivity contribution in [3.05, 3.63) is 52.0 Å². The highest BCUT2D eigenvalue weighted by molar-refractivity contribution is 7.80. The Morgan fingerprint density at radius 2 is 2.03 bits per heavy atom. The van der Waals surface area contributed by atoms with Crippen LogP contribution in [0.15, 0.2) is 36.4 Å². The minimum Gasteiger partial charge on any atom is -0.497 e. The summed E-state index contributed by atoms with van der Waals surface area (Å²) < 4.78 is 16.7. The average molecular weight is 455 g/mol. The first-order valence-corrected chi connectivity index (χ1v) is 10.5. The van der Waals surface area contributed by atoms with E-state index in [1.807, 2.05) is 24.3 Å². The molecular weight excluding hydrogens is 431 g/mol. The van der Waals surface area contributed by atoms with Gasteiger partial charge >= 0.3 is 0 Å². The first-order chi connectivity index (χ1) is 14.0. The third kappa shape index (κ3) is 5.89. The van der Waals surface area contributed by atoms with E-state index in [0.717, 1.165) is 36.5 Å². The van der Waals surface area contributed by atoms with Crippen LogP contribution in [0, 0.1) is 0 Å². The fourth-order valence-corrected chi connectivity index (χ4v) is 3.93. The molecule has 1 aliphatic heterocycles. The van der Waals surface area contributed by atoms with Crippen molar-refractivity contribution in [3.63, 3.8) is 0 Å². The minimum atomic E-state index is 0.139. The predicted octanol–water partition coefficient (Wildman–Crippen LogP) is 5.39. The summed E-state index contributed by atoms with van der Waals surface area (Å²) in [5, 5.41) is 4.88. The second kappa shape index (κ2) is 10.3. The number of rotatable bonds is 7. The van der Waals surface area contributed by atoms with Crippen LogP contribution in [-0.2, 0) is 11.3 Å². The summed E-state index contributed by atoms with van der Waals surface area (Å²) >= 11 is 18.0. The Morgan fingerprint density at radius 1 is 1.21 bits per heavy atom. The van der Waals surface area contributed by atoms with Crippen molar-refractivity contribution >= 4 is 46.2 Å². The summed E-state index contributed by atoms with van der Waals surface area (Å²) in [5.41, 5.74) is 1.71. The number of nitrogens with one attached hydrogen (secondary N) is 1. The Hall–Kier alpha value is -1.73. The van der Waals surface area contributed by atoms with Crippen LogP contribution >= 0.6 is 35.4 Å². The molecule has 156 valence electrons. The van der Waals surface area contributed by atoms with E-state index in [-0.39, 0.29) is 6.10 Å². The second-order valence-electron chi connectivity index (χ2n) is 6.75. The van der Waals surface area contributed by atoms with Gasteiger partial charge in [-0.25, -0.2) is 0 Å². The van der Waals surface area contributed by atoms with Gasteiger partial charge in [0.1, 0.15) is 11.5 Å². The largest absolute Gasteiger partial charge is 0.497 e. The summed E-state index contributed by atoms with van der Waals surface area (Å²) in [6.45, 7) is 2.02. The number of thiocarbonyl (C=S) groups is 1. The molecule has 1 fully saturated rings. The molecule has 0 saturated carbocycles.